The van der Waals surface area contributed by atoms with Crippen LogP contribution in [0.3, 0.4) is 0 Å². The van der Waals surface area contributed by atoms with Crippen molar-refractivity contribution in [2.75, 3.05) is 12.4 Å². The Balaban J connectivity index is 2.16. The zero-order chi connectivity index (χ0) is 19.1. The molecule has 3 amide bonds. The fourth-order valence-corrected chi connectivity index (χ4v) is 2.50. The number of primary amides is 1. The minimum absolute atomic E-state index is 0.205. The van der Waals surface area contributed by atoms with E-state index in [9.17, 15) is 14.4 Å². The van der Waals surface area contributed by atoms with Crippen molar-refractivity contribution in [3.8, 4) is 5.75 Å². The molecule has 26 heavy (non-hydrogen) atoms. The lowest BCUT2D eigenvalue weighted by atomic mass is 10.0. The number of hydrogen-bond donors (Lipinski definition) is 3. The third kappa shape index (κ3) is 5.07. The molecule has 0 saturated carbocycles. The summed E-state index contributed by atoms with van der Waals surface area (Å²) in [6.45, 7) is 1.38. The van der Waals surface area contributed by atoms with E-state index in [1.165, 1.54) is 20.1 Å². The van der Waals surface area contributed by atoms with Gasteiger partial charge in [-0.05, 0) is 29.8 Å². The number of nitrogens with two attached hydrogens (primary N) is 1. The monoisotopic (exact) mass is 355 g/mol. The first-order valence-electron chi connectivity index (χ1n) is 8.00. The average molecular weight is 355 g/mol. The summed E-state index contributed by atoms with van der Waals surface area (Å²) < 4.78 is 5.26. The molecule has 2 aromatic carbocycles. The van der Waals surface area contributed by atoms with E-state index in [-0.39, 0.29) is 12.3 Å². The molecule has 136 valence electrons. The Morgan fingerprint density at radius 1 is 1.12 bits per heavy atom. The number of ether oxygens (including phenoxy) is 1. The lowest BCUT2D eigenvalue weighted by Gasteiger charge is -2.17. The number of methoxy groups -OCH3 is 1. The molecule has 2 rings (SSSR count). The molecule has 0 fully saturated rings. The normalized spacial score (nSPS) is 11.3. The van der Waals surface area contributed by atoms with Crippen LogP contribution in [-0.4, -0.2) is 30.9 Å². The fourth-order valence-electron chi connectivity index (χ4n) is 2.50. The van der Waals surface area contributed by atoms with Gasteiger partial charge in [-0.3, -0.25) is 14.4 Å². The minimum atomic E-state index is -0.900. The first kappa shape index (κ1) is 19.0. The van der Waals surface area contributed by atoms with E-state index in [0.717, 1.165) is 5.56 Å². The van der Waals surface area contributed by atoms with Gasteiger partial charge >= 0.3 is 0 Å². The van der Waals surface area contributed by atoms with Gasteiger partial charge in [-0.1, -0.05) is 24.3 Å². The van der Waals surface area contributed by atoms with Crippen molar-refractivity contribution >= 4 is 23.4 Å². The predicted molar refractivity (Wildman–Crippen MR) is 97.9 cm³/mol. The second kappa shape index (κ2) is 8.66. The highest BCUT2D eigenvalue weighted by Gasteiger charge is 2.21. The summed E-state index contributed by atoms with van der Waals surface area (Å²) in [5, 5.41) is 5.24. The van der Waals surface area contributed by atoms with E-state index < -0.39 is 17.9 Å². The number of nitrogens with one attached hydrogen (secondary N) is 2. The molecule has 0 heterocycles. The third-order valence-corrected chi connectivity index (χ3v) is 3.71. The lowest BCUT2D eigenvalue weighted by molar-refractivity contribution is -0.119. The number of para-hydroxylation sites is 1. The molecule has 4 N–H and O–H groups in total. The van der Waals surface area contributed by atoms with E-state index >= 15 is 0 Å². The summed E-state index contributed by atoms with van der Waals surface area (Å²) in [5.74, 6) is -0.743. The Morgan fingerprint density at radius 3 is 2.50 bits per heavy atom. The second-order valence-corrected chi connectivity index (χ2v) is 5.71. The van der Waals surface area contributed by atoms with Crippen molar-refractivity contribution in [1.29, 1.82) is 0 Å². The Morgan fingerprint density at radius 2 is 1.85 bits per heavy atom. The molecule has 0 unspecified atom stereocenters. The van der Waals surface area contributed by atoms with Crippen LogP contribution >= 0.6 is 0 Å². The van der Waals surface area contributed by atoms with Crippen LogP contribution in [0.5, 0.6) is 5.75 Å². The molecule has 7 nitrogen and oxygen atoms in total. The van der Waals surface area contributed by atoms with E-state index in [0.29, 0.717) is 17.0 Å². The summed E-state index contributed by atoms with van der Waals surface area (Å²) in [5.41, 5.74) is 7.00. The Labute approximate surface area is 151 Å². The SMILES string of the molecule is COc1ccccc1C[C@H](NC(=O)c1cccc(NC(C)=O)c1)C(N)=O. The molecule has 0 bridgehead atoms. The molecule has 0 saturated heterocycles. The smallest absolute Gasteiger partial charge is 0.252 e. The van der Waals surface area contributed by atoms with Gasteiger partial charge in [-0.25, -0.2) is 0 Å². The van der Waals surface area contributed by atoms with E-state index in [4.69, 9.17) is 10.5 Å². The molecule has 0 spiro atoms. The van der Waals surface area contributed by atoms with Crippen molar-refractivity contribution in [2.45, 2.75) is 19.4 Å². The highest BCUT2D eigenvalue weighted by Crippen LogP contribution is 2.19. The molecule has 7 heteroatoms. The lowest BCUT2D eigenvalue weighted by Crippen LogP contribution is -2.45. The van der Waals surface area contributed by atoms with Crippen molar-refractivity contribution < 1.29 is 19.1 Å². The van der Waals surface area contributed by atoms with Crippen LogP contribution in [0, 0.1) is 0 Å². The summed E-state index contributed by atoms with van der Waals surface area (Å²) >= 11 is 0. The van der Waals surface area contributed by atoms with Gasteiger partial charge in [0.25, 0.3) is 5.91 Å². The maximum Gasteiger partial charge on any atom is 0.252 e. The second-order valence-electron chi connectivity index (χ2n) is 5.71. The molecule has 0 aliphatic heterocycles. The van der Waals surface area contributed by atoms with Gasteiger partial charge in [0.15, 0.2) is 0 Å². The summed E-state index contributed by atoms with van der Waals surface area (Å²) in [4.78, 5) is 35.4. The Kier molecular flexibility index (Phi) is 6.32. The summed E-state index contributed by atoms with van der Waals surface area (Å²) in [6, 6.07) is 12.7. The number of amides is 3. The Bertz CT molecular complexity index is 820. The molecular formula is C19H21N3O4. The minimum Gasteiger partial charge on any atom is -0.496 e. The van der Waals surface area contributed by atoms with Crippen LogP contribution in [-0.2, 0) is 16.0 Å². The summed E-state index contributed by atoms with van der Waals surface area (Å²) in [6.07, 6.45) is 0.205. The Hall–Kier alpha value is -3.35. The molecular weight excluding hydrogens is 334 g/mol. The van der Waals surface area contributed by atoms with E-state index in [1.54, 1.807) is 30.3 Å². The van der Waals surface area contributed by atoms with Crippen LogP contribution in [0.2, 0.25) is 0 Å². The van der Waals surface area contributed by atoms with Crippen molar-refractivity contribution in [2.24, 2.45) is 5.73 Å². The molecule has 2 aromatic rings. The van der Waals surface area contributed by atoms with Gasteiger partial charge in [0.2, 0.25) is 11.8 Å². The standard InChI is InChI=1S/C19H21N3O4/c1-12(23)21-15-8-5-7-14(10-15)19(25)22-16(18(20)24)11-13-6-3-4-9-17(13)26-2/h3-10,16H,11H2,1-2H3,(H2,20,24)(H,21,23)(H,22,25)/t16-/m0/s1. The first-order valence-corrected chi connectivity index (χ1v) is 8.00. The molecule has 0 aromatic heterocycles. The molecule has 1 atom stereocenters. The zero-order valence-electron chi connectivity index (χ0n) is 14.6. The van der Waals surface area contributed by atoms with Crippen molar-refractivity contribution in [3.63, 3.8) is 0 Å². The fraction of sp³-hybridized carbons (Fsp3) is 0.211. The topological polar surface area (TPSA) is 111 Å². The highest BCUT2D eigenvalue weighted by molar-refractivity contribution is 5.99. The maximum atomic E-state index is 12.5. The van der Waals surface area contributed by atoms with Crippen LogP contribution in [0.4, 0.5) is 5.69 Å². The van der Waals surface area contributed by atoms with Gasteiger partial charge in [-0.15, -0.1) is 0 Å². The quantitative estimate of drug-likeness (QED) is 0.698. The molecule has 0 aliphatic carbocycles. The van der Waals surface area contributed by atoms with Gasteiger partial charge in [0, 0.05) is 24.6 Å². The van der Waals surface area contributed by atoms with Gasteiger partial charge in [0.05, 0.1) is 7.11 Å². The third-order valence-electron chi connectivity index (χ3n) is 3.71. The van der Waals surface area contributed by atoms with Crippen LogP contribution in [0.15, 0.2) is 48.5 Å². The van der Waals surface area contributed by atoms with E-state index in [2.05, 4.69) is 10.6 Å². The predicted octanol–water partition coefficient (Wildman–Crippen LogP) is 1.48. The first-order chi connectivity index (χ1) is 12.4. The van der Waals surface area contributed by atoms with Crippen LogP contribution < -0.4 is 21.1 Å². The average Bonchev–Trinajstić information content (AvgIpc) is 2.61. The van der Waals surface area contributed by atoms with Crippen LogP contribution in [0.25, 0.3) is 0 Å². The van der Waals surface area contributed by atoms with Gasteiger partial charge in [0.1, 0.15) is 11.8 Å². The van der Waals surface area contributed by atoms with Gasteiger partial charge in [-0.2, -0.15) is 0 Å². The number of carbonyl (C=O) groups is 3. The van der Waals surface area contributed by atoms with Crippen molar-refractivity contribution in [3.05, 3.63) is 59.7 Å². The van der Waals surface area contributed by atoms with Crippen molar-refractivity contribution in [1.82, 2.24) is 5.32 Å². The molecule has 0 radical (unpaired) electrons. The summed E-state index contributed by atoms with van der Waals surface area (Å²) in [7, 11) is 1.53. The highest BCUT2D eigenvalue weighted by atomic mass is 16.5. The number of hydrogen-bond acceptors (Lipinski definition) is 4. The number of carbonyl (C=O) groups excluding carboxylic acids is 3. The largest absolute Gasteiger partial charge is 0.496 e. The van der Waals surface area contributed by atoms with Crippen LogP contribution in [0.1, 0.15) is 22.8 Å². The zero-order valence-corrected chi connectivity index (χ0v) is 14.6. The number of rotatable bonds is 7. The van der Waals surface area contributed by atoms with E-state index in [1.807, 2.05) is 12.1 Å². The number of anilines is 1. The maximum absolute atomic E-state index is 12.5. The van der Waals surface area contributed by atoms with Gasteiger partial charge < -0.3 is 21.1 Å². The number of benzene rings is 2. The molecule has 0 aliphatic rings.